The maximum absolute atomic E-state index is 13.8. The number of aromatic nitrogens is 2. The second kappa shape index (κ2) is 12.3. The van der Waals surface area contributed by atoms with E-state index in [-0.39, 0.29) is 12.0 Å². The molecule has 0 radical (unpaired) electrons. The van der Waals surface area contributed by atoms with Gasteiger partial charge in [-0.15, -0.1) is 0 Å². The molecule has 2 aromatic carbocycles. The van der Waals surface area contributed by atoms with Crippen LogP contribution in [0.4, 0.5) is 15.4 Å². The minimum Gasteiger partial charge on any atom is -0.444 e. The van der Waals surface area contributed by atoms with Crippen molar-refractivity contribution < 1.29 is 19.1 Å². The van der Waals surface area contributed by atoms with Crippen LogP contribution in [-0.2, 0) is 9.47 Å². The monoisotopic (exact) mass is 571 g/mol. The number of aromatic amines is 1. The van der Waals surface area contributed by atoms with Gasteiger partial charge in [-0.2, -0.15) is 10.4 Å². The van der Waals surface area contributed by atoms with Crippen molar-refractivity contribution in [3.63, 3.8) is 0 Å². The van der Waals surface area contributed by atoms with Gasteiger partial charge in [-0.25, -0.2) is 9.59 Å². The van der Waals surface area contributed by atoms with Gasteiger partial charge in [0.1, 0.15) is 11.2 Å². The fraction of sp³-hybridized carbons (Fsp3) is 0.455. The highest BCUT2D eigenvalue weighted by Gasteiger charge is 2.34. The summed E-state index contributed by atoms with van der Waals surface area (Å²) >= 11 is 0. The highest BCUT2D eigenvalue weighted by molar-refractivity contribution is 5.97. The van der Waals surface area contributed by atoms with Crippen LogP contribution in [0.15, 0.2) is 48.5 Å². The van der Waals surface area contributed by atoms with Gasteiger partial charge in [-0.3, -0.25) is 10.00 Å². The first kappa shape index (κ1) is 30.6. The van der Waals surface area contributed by atoms with Gasteiger partial charge in [0.15, 0.2) is 5.82 Å². The normalized spacial score (nSPS) is 14.3. The summed E-state index contributed by atoms with van der Waals surface area (Å²) in [5, 5.41) is 17.2. The lowest BCUT2D eigenvalue weighted by molar-refractivity contribution is 0.0182. The van der Waals surface area contributed by atoms with E-state index in [2.05, 4.69) is 16.3 Å². The summed E-state index contributed by atoms with van der Waals surface area (Å²) in [6.07, 6.45) is 0.608. The van der Waals surface area contributed by atoms with Gasteiger partial charge in [0, 0.05) is 25.2 Å². The van der Waals surface area contributed by atoms with E-state index < -0.39 is 17.3 Å². The molecule has 0 unspecified atom stereocenters. The number of nitrogens with zero attached hydrogens (tertiary/aromatic N) is 4. The van der Waals surface area contributed by atoms with Crippen molar-refractivity contribution in [1.82, 2.24) is 15.1 Å². The van der Waals surface area contributed by atoms with Gasteiger partial charge in [-0.05, 0) is 84.9 Å². The maximum Gasteiger partial charge on any atom is 0.416 e. The maximum atomic E-state index is 13.8. The van der Waals surface area contributed by atoms with E-state index in [1.807, 2.05) is 84.9 Å². The van der Waals surface area contributed by atoms with Gasteiger partial charge in [0.25, 0.3) is 0 Å². The van der Waals surface area contributed by atoms with Gasteiger partial charge in [0.05, 0.1) is 22.9 Å². The molecule has 0 aliphatic carbocycles. The number of ether oxygens (including phenoxy) is 2. The molecule has 0 saturated carbocycles. The number of likely N-dealkylation sites (tertiary alicyclic amines) is 1. The summed E-state index contributed by atoms with van der Waals surface area (Å²) in [6, 6.07) is 17.5. The molecule has 1 N–H and O–H groups in total. The van der Waals surface area contributed by atoms with E-state index in [1.165, 1.54) is 0 Å². The van der Waals surface area contributed by atoms with Crippen molar-refractivity contribution in [2.75, 3.05) is 24.5 Å². The number of aryl methyl sites for hydroxylation is 1. The topological polar surface area (TPSA) is 112 Å². The van der Waals surface area contributed by atoms with Crippen LogP contribution in [0.5, 0.6) is 0 Å². The Labute approximate surface area is 248 Å². The average Bonchev–Trinajstić information content (AvgIpc) is 3.35. The van der Waals surface area contributed by atoms with Crippen LogP contribution in [0, 0.1) is 24.2 Å². The molecule has 0 spiro atoms. The first-order valence-corrected chi connectivity index (χ1v) is 14.4. The molecule has 4 rings (SSSR count). The van der Waals surface area contributed by atoms with Crippen molar-refractivity contribution in [3.05, 3.63) is 59.7 Å². The van der Waals surface area contributed by atoms with Gasteiger partial charge in [-0.1, -0.05) is 42.0 Å². The predicted octanol–water partition coefficient (Wildman–Crippen LogP) is 7.31. The lowest BCUT2D eigenvalue weighted by atomic mass is 9.95. The van der Waals surface area contributed by atoms with E-state index in [0.717, 1.165) is 27.9 Å². The molecule has 2 amide bonds. The number of carbonyl (C=O) groups excluding carboxylic acids is 2. The zero-order valence-corrected chi connectivity index (χ0v) is 25.7. The number of anilines is 1. The molecule has 42 heavy (non-hydrogen) atoms. The van der Waals surface area contributed by atoms with Crippen LogP contribution in [0.25, 0.3) is 22.4 Å². The summed E-state index contributed by atoms with van der Waals surface area (Å²) in [5.74, 6) is 0.573. The zero-order valence-electron chi connectivity index (χ0n) is 25.7. The molecule has 0 bridgehead atoms. The third-order valence-corrected chi connectivity index (χ3v) is 6.97. The zero-order chi connectivity index (χ0) is 30.7. The predicted molar refractivity (Wildman–Crippen MR) is 163 cm³/mol. The quantitative estimate of drug-likeness (QED) is 0.344. The number of nitriles is 1. The number of carbonyl (C=O) groups is 2. The summed E-state index contributed by atoms with van der Waals surface area (Å²) in [4.78, 5) is 29.7. The van der Waals surface area contributed by atoms with Gasteiger partial charge < -0.3 is 14.4 Å². The molecule has 1 aliphatic heterocycles. The smallest absolute Gasteiger partial charge is 0.416 e. The Hall–Kier alpha value is -4.32. The molecule has 1 aromatic heterocycles. The summed E-state index contributed by atoms with van der Waals surface area (Å²) < 4.78 is 11.4. The van der Waals surface area contributed by atoms with Gasteiger partial charge >= 0.3 is 12.2 Å². The number of hydrogen-bond donors (Lipinski definition) is 1. The van der Waals surface area contributed by atoms with Crippen LogP contribution in [0.2, 0.25) is 0 Å². The molecule has 3 aromatic rings. The largest absolute Gasteiger partial charge is 0.444 e. The number of benzene rings is 2. The molecule has 2 heterocycles. The third-order valence-electron chi connectivity index (χ3n) is 6.97. The number of piperidine rings is 1. The van der Waals surface area contributed by atoms with Gasteiger partial charge in [0.2, 0.25) is 0 Å². The minimum absolute atomic E-state index is 0.115. The highest BCUT2D eigenvalue weighted by Crippen LogP contribution is 2.39. The van der Waals surface area contributed by atoms with E-state index in [4.69, 9.17) is 9.47 Å². The van der Waals surface area contributed by atoms with E-state index in [1.54, 1.807) is 21.9 Å². The van der Waals surface area contributed by atoms with Crippen molar-refractivity contribution >= 4 is 18.0 Å². The van der Waals surface area contributed by atoms with Crippen molar-refractivity contribution in [2.45, 2.75) is 72.5 Å². The molecule has 222 valence electrons. The first-order chi connectivity index (χ1) is 19.7. The lowest BCUT2D eigenvalue weighted by Gasteiger charge is -2.35. The Kier molecular flexibility index (Phi) is 8.95. The molecule has 9 nitrogen and oxygen atoms in total. The van der Waals surface area contributed by atoms with Crippen LogP contribution < -0.4 is 4.90 Å². The Morgan fingerprint density at radius 2 is 1.52 bits per heavy atom. The SMILES string of the molecule is Cc1ccc(-c2[nH]nc(N(CC3CCN(C(=O)OC(C)(C)C)CC3)C(=O)OC(C)(C)C)c2-c2ccc(C#N)cc2)cc1. The molecule has 0 atom stereocenters. The number of H-pyrrole nitrogens is 1. The fourth-order valence-corrected chi connectivity index (χ4v) is 4.89. The third kappa shape index (κ3) is 7.69. The highest BCUT2D eigenvalue weighted by atomic mass is 16.6. The first-order valence-electron chi connectivity index (χ1n) is 14.4. The molecule has 1 fully saturated rings. The molecular formula is C33H41N5O4. The Morgan fingerprint density at radius 1 is 0.952 bits per heavy atom. The van der Waals surface area contributed by atoms with Crippen LogP contribution in [-0.4, -0.2) is 58.1 Å². The average molecular weight is 572 g/mol. The lowest BCUT2D eigenvalue weighted by Crippen LogP contribution is -2.45. The molecular weight excluding hydrogens is 530 g/mol. The molecule has 9 heteroatoms. The van der Waals surface area contributed by atoms with Crippen LogP contribution in [0.1, 0.15) is 65.5 Å². The number of amides is 2. The Morgan fingerprint density at radius 3 is 2.07 bits per heavy atom. The standard InChI is InChI=1S/C33H41N5O4/c1-22-8-12-26(13-9-22)28-27(25-14-10-23(20-34)11-15-25)29(36-35-28)38(31(40)42-33(5,6)7)21-24-16-18-37(19-17-24)30(39)41-32(2,3)4/h8-15,24H,16-19,21H2,1-7H3,(H,35,36). The summed E-state index contributed by atoms with van der Waals surface area (Å²) in [6.45, 7) is 14.6. The van der Waals surface area contributed by atoms with Crippen molar-refractivity contribution in [3.8, 4) is 28.5 Å². The molecule has 1 saturated heterocycles. The van der Waals surface area contributed by atoms with E-state index in [9.17, 15) is 14.9 Å². The molecule has 1 aliphatic rings. The minimum atomic E-state index is -0.708. The van der Waals surface area contributed by atoms with Crippen molar-refractivity contribution in [2.24, 2.45) is 5.92 Å². The number of rotatable bonds is 5. The number of nitrogens with one attached hydrogen (secondary N) is 1. The summed E-state index contributed by atoms with van der Waals surface area (Å²) in [5.41, 5.74) is 3.67. The Bertz CT molecular complexity index is 1430. The van der Waals surface area contributed by atoms with Crippen LogP contribution >= 0.6 is 0 Å². The van der Waals surface area contributed by atoms with Crippen molar-refractivity contribution in [1.29, 1.82) is 5.26 Å². The Balaban J connectivity index is 1.70. The fourth-order valence-electron chi connectivity index (χ4n) is 4.89. The number of hydrogen-bond acceptors (Lipinski definition) is 6. The van der Waals surface area contributed by atoms with E-state index in [0.29, 0.717) is 43.9 Å². The second-order valence-corrected chi connectivity index (χ2v) is 12.9. The van der Waals surface area contributed by atoms with E-state index >= 15 is 0 Å². The van der Waals surface area contributed by atoms with Crippen LogP contribution in [0.3, 0.4) is 0 Å². The second-order valence-electron chi connectivity index (χ2n) is 12.9. The summed E-state index contributed by atoms with van der Waals surface area (Å²) in [7, 11) is 0.